The number of aldehydes is 1. The van der Waals surface area contributed by atoms with E-state index in [0.29, 0.717) is 18.7 Å². The molecule has 0 aliphatic rings. The first-order valence-corrected chi connectivity index (χ1v) is 4.56. The molecule has 0 saturated heterocycles. The lowest BCUT2D eigenvalue weighted by Gasteiger charge is -2.19. The Kier molecular flexibility index (Phi) is 3.94. The molecule has 1 rings (SSSR count). The van der Waals surface area contributed by atoms with E-state index in [1.54, 1.807) is 11.1 Å². The predicted molar refractivity (Wildman–Crippen MR) is 57.7 cm³/mol. The van der Waals surface area contributed by atoms with Crippen LogP contribution in [0.25, 0.3) is 0 Å². The lowest BCUT2D eigenvalue weighted by Crippen LogP contribution is -2.32. The molecule has 0 heterocycles. The molecule has 0 spiro atoms. The smallest absolute Gasteiger partial charge is 0.120 e. The molecule has 0 aliphatic carbocycles. The average molecular weight is 193 g/mol. The second-order valence-corrected chi connectivity index (χ2v) is 3.06. The molecular weight excluding hydrogens is 178 g/mol. The molecule has 14 heavy (non-hydrogen) atoms. The van der Waals surface area contributed by atoms with Gasteiger partial charge < -0.3 is 15.5 Å². The van der Waals surface area contributed by atoms with Crippen LogP contribution < -0.4 is 16.6 Å². The molecule has 0 saturated carbocycles. The SMILES string of the molecule is Nc1ccccc1N(N)CCCC=O. The molecule has 0 bridgehead atoms. The fourth-order valence-electron chi connectivity index (χ4n) is 1.21. The maximum atomic E-state index is 10.1. The molecule has 0 fully saturated rings. The largest absolute Gasteiger partial charge is 0.397 e. The number of hydrogen-bond donors (Lipinski definition) is 2. The van der Waals surface area contributed by atoms with Gasteiger partial charge in [-0.3, -0.25) is 0 Å². The van der Waals surface area contributed by atoms with Crippen molar-refractivity contribution in [1.82, 2.24) is 0 Å². The molecule has 4 N–H and O–H groups in total. The van der Waals surface area contributed by atoms with Gasteiger partial charge >= 0.3 is 0 Å². The number of anilines is 2. The van der Waals surface area contributed by atoms with E-state index < -0.39 is 0 Å². The van der Waals surface area contributed by atoms with Gasteiger partial charge in [-0.15, -0.1) is 0 Å². The molecule has 0 amide bonds. The zero-order valence-electron chi connectivity index (χ0n) is 8.02. The standard InChI is InChI=1S/C10H15N3O/c11-9-5-1-2-6-10(9)13(12)7-3-4-8-14/h1-2,5-6,8H,3-4,7,11-12H2. The summed E-state index contributed by atoms with van der Waals surface area (Å²) >= 11 is 0. The minimum absolute atomic E-state index is 0.528. The molecule has 1 aromatic rings. The molecule has 0 aliphatic heterocycles. The van der Waals surface area contributed by atoms with Crippen LogP contribution >= 0.6 is 0 Å². The third kappa shape index (κ3) is 2.74. The van der Waals surface area contributed by atoms with Crippen LogP contribution in [-0.4, -0.2) is 12.8 Å². The first-order chi connectivity index (χ1) is 6.75. The summed E-state index contributed by atoms with van der Waals surface area (Å²) in [5.41, 5.74) is 7.19. The Morgan fingerprint density at radius 3 is 2.71 bits per heavy atom. The number of benzene rings is 1. The fourth-order valence-corrected chi connectivity index (χ4v) is 1.21. The number of hydrazine groups is 1. The molecular formula is C10H15N3O. The van der Waals surface area contributed by atoms with E-state index in [-0.39, 0.29) is 0 Å². The molecule has 0 unspecified atom stereocenters. The zero-order chi connectivity index (χ0) is 10.4. The minimum atomic E-state index is 0.528. The predicted octanol–water partition coefficient (Wildman–Crippen LogP) is 0.928. The van der Waals surface area contributed by atoms with Crippen molar-refractivity contribution in [1.29, 1.82) is 0 Å². The van der Waals surface area contributed by atoms with Gasteiger partial charge in [-0.1, -0.05) is 12.1 Å². The number of hydrogen-bond acceptors (Lipinski definition) is 4. The number of nitrogen functional groups attached to an aromatic ring is 1. The number of unbranched alkanes of at least 4 members (excludes halogenated alkanes) is 1. The van der Waals surface area contributed by atoms with E-state index in [2.05, 4.69) is 0 Å². The lowest BCUT2D eigenvalue weighted by molar-refractivity contribution is -0.107. The molecule has 1 aromatic carbocycles. The van der Waals surface area contributed by atoms with Crippen LogP contribution in [-0.2, 0) is 4.79 Å². The summed E-state index contributed by atoms with van der Waals surface area (Å²) in [6.45, 7) is 0.632. The maximum absolute atomic E-state index is 10.1. The van der Waals surface area contributed by atoms with Gasteiger partial charge in [0.1, 0.15) is 6.29 Å². The summed E-state index contributed by atoms with van der Waals surface area (Å²) in [5, 5.41) is 1.57. The van der Waals surface area contributed by atoms with E-state index >= 15 is 0 Å². The van der Waals surface area contributed by atoms with Crippen LogP contribution in [0.4, 0.5) is 11.4 Å². The van der Waals surface area contributed by atoms with Gasteiger partial charge in [0.05, 0.1) is 11.4 Å². The fraction of sp³-hybridized carbons (Fsp3) is 0.300. The quantitative estimate of drug-likeness (QED) is 0.240. The summed E-state index contributed by atoms with van der Waals surface area (Å²) in [7, 11) is 0. The molecule has 76 valence electrons. The maximum Gasteiger partial charge on any atom is 0.120 e. The number of carbonyl (C=O) groups is 1. The first kappa shape index (κ1) is 10.5. The highest BCUT2D eigenvalue weighted by atomic mass is 16.1. The van der Waals surface area contributed by atoms with Crippen molar-refractivity contribution in [2.75, 3.05) is 17.3 Å². The first-order valence-electron chi connectivity index (χ1n) is 4.56. The number of nitrogens with two attached hydrogens (primary N) is 2. The Balaban J connectivity index is 2.55. The third-order valence-electron chi connectivity index (χ3n) is 1.97. The van der Waals surface area contributed by atoms with Crippen LogP contribution in [0.5, 0.6) is 0 Å². The third-order valence-corrected chi connectivity index (χ3v) is 1.97. The number of carbonyl (C=O) groups excluding carboxylic acids is 1. The number of rotatable bonds is 5. The Labute approximate surface area is 83.5 Å². The van der Waals surface area contributed by atoms with Gasteiger partial charge in [-0.25, -0.2) is 5.84 Å². The van der Waals surface area contributed by atoms with Gasteiger partial charge in [0.2, 0.25) is 0 Å². The van der Waals surface area contributed by atoms with Gasteiger partial charge in [0.25, 0.3) is 0 Å². The Morgan fingerprint density at radius 1 is 1.36 bits per heavy atom. The molecule has 0 atom stereocenters. The van der Waals surface area contributed by atoms with Crippen molar-refractivity contribution in [2.24, 2.45) is 5.84 Å². The topological polar surface area (TPSA) is 72.3 Å². The van der Waals surface area contributed by atoms with Crippen LogP contribution in [0.2, 0.25) is 0 Å². The van der Waals surface area contributed by atoms with Crippen molar-refractivity contribution < 1.29 is 4.79 Å². The normalized spacial score (nSPS) is 9.79. The van der Waals surface area contributed by atoms with Crippen LogP contribution in [0, 0.1) is 0 Å². The van der Waals surface area contributed by atoms with Crippen molar-refractivity contribution in [3.8, 4) is 0 Å². The van der Waals surface area contributed by atoms with Gasteiger partial charge in [0, 0.05) is 13.0 Å². The van der Waals surface area contributed by atoms with Gasteiger partial charge in [-0.05, 0) is 18.6 Å². The summed E-state index contributed by atoms with van der Waals surface area (Å²) in [5.74, 6) is 5.77. The average Bonchev–Trinajstić information content (AvgIpc) is 2.18. The lowest BCUT2D eigenvalue weighted by atomic mass is 10.2. The van der Waals surface area contributed by atoms with Gasteiger partial charge in [-0.2, -0.15) is 0 Å². The summed E-state index contributed by atoms with van der Waals surface area (Å²) in [4.78, 5) is 10.1. The van der Waals surface area contributed by atoms with Gasteiger partial charge in [0.15, 0.2) is 0 Å². The van der Waals surface area contributed by atoms with Crippen LogP contribution in [0.15, 0.2) is 24.3 Å². The highest BCUT2D eigenvalue weighted by Crippen LogP contribution is 2.19. The van der Waals surface area contributed by atoms with E-state index in [1.165, 1.54) is 0 Å². The Bertz CT molecular complexity index is 301. The summed E-state index contributed by atoms with van der Waals surface area (Å²) in [6, 6.07) is 7.40. The van der Waals surface area contributed by atoms with E-state index in [0.717, 1.165) is 18.4 Å². The van der Waals surface area contributed by atoms with E-state index in [4.69, 9.17) is 11.6 Å². The Hall–Kier alpha value is -1.55. The summed E-state index contributed by atoms with van der Waals surface area (Å²) in [6.07, 6.45) is 2.16. The van der Waals surface area contributed by atoms with Crippen molar-refractivity contribution in [3.63, 3.8) is 0 Å². The minimum Gasteiger partial charge on any atom is -0.397 e. The second kappa shape index (κ2) is 5.24. The summed E-state index contributed by atoms with van der Waals surface area (Å²) < 4.78 is 0. The zero-order valence-corrected chi connectivity index (χ0v) is 8.02. The molecule has 4 nitrogen and oxygen atoms in total. The molecule has 0 radical (unpaired) electrons. The highest BCUT2D eigenvalue weighted by Gasteiger charge is 2.03. The molecule has 0 aromatic heterocycles. The van der Waals surface area contributed by atoms with E-state index in [9.17, 15) is 4.79 Å². The number of nitrogens with zero attached hydrogens (tertiary/aromatic N) is 1. The van der Waals surface area contributed by atoms with Crippen molar-refractivity contribution in [2.45, 2.75) is 12.8 Å². The monoisotopic (exact) mass is 193 g/mol. The van der Waals surface area contributed by atoms with Crippen molar-refractivity contribution in [3.05, 3.63) is 24.3 Å². The van der Waals surface area contributed by atoms with Crippen molar-refractivity contribution >= 4 is 17.7 Å². The van der Waals surface area contributed by atoms with Crippen LogP contribution in [0.1, 0.15) is 12.8 Å². The molecule has 4 heteroatoms. The second-order valence-electron chi connectivity index (χ2n) is 3.06. The number of para-hydroxylation sites is 2. The van der Waals surface area contributed by atoms with E-state index in [1.807, 2.05) is 18.2 Å². The Morgan fingerprint density at radius 2 is 2.07 bits per heavy atom. The highest BCUT2D eigenvalue weighted by molar-refractivity contribution is 5.66. The van der Waals surface area contributed by atoms with Crippen LogP contribution in [0.3, 0.4) is 0 Å².